The van der Waals surface area contributed by atoms with Gasteiger partial charge in [0.05, 0.1) is 6.10 Å². The molecule has 0 spiro atoms. The van der Waals surface area contributed by atoms with Crippen molar-refractivity contribution in [2.75, 3.05) is 13.1 Å². The van der Waals surface area contributed by atoms with Gasteiger partial charge in [-0.3, -0.25) is 4.90 Å². The highest BCUT2D eigenvalue weighted by molar-refractivity contribution is 7.09. The van der Waals surface area contributed by atoms with Gasteiger partial charge in [-0.05, 0) is 37.1 Å². The van der Waals surface area contributed by atoms with Crippen molar-refractivity contribution in [2.24, 2.45) is 0 Å². The smallest absolute Gasteiger partial charge is 0.252 e. The van der Waals surface area contributed by atoms with E-state index in [4.69, 9.17) is 9.26 Å². The Hall–Kier alpha value is -1.24. The van der Waals surface area contributed by atoms with E-state index in [2.05, 4.69) is 32.6 Å². The summed E-state index contributed by atoms with van der Waals surface area (Å²) in [7, 11) is 0. The molecule has 2 fully saturated rings. The minimum Gasteiger partial charge on any atom is -0.368 e. The molecule has 2 aliphatic rings. The van der Waals surface area contributed by atoms with Crippen molar-refractivity contribution in [3.63, 3.8) is 0 Å². The van der Waals surface area contributed by atoms with Gasteiger partial charge in [0.2, 0.25) is 0 Å². The van der Waals surface area contributed by atoms with E-state index < -0.39 is 0 Å². The Kier molecular flexibility index (Phi) is 4.23. The molecule has 22 heavy (non-hydrogen) atoms. The lowest BCUT2D eigenvalue weighted by molar-refractivity contribution is -0.0135. The second-order valence-corrected chi connectivity index (χ2v) is 7.22. The molecular weight excluding hydrogens is 298 g/mol. The Bertz CT molecular complexity index is 586. The lowest BCUT2D eigenvalue weighted by Crippen LogP contribution is -2.36. The topological polar surface area (TPSA) is 51.4 Å². The molecule has 1 saturated heterocycles. The molecule has 2 aromatic rings. The molecule has 0 atom stereocenters. The number of piperidine rings is 1. The first-order valence-electron chi connectivity index (χ1n) is 8.05. The van der Waals surface area contributed by atoms with E-state index in [-0.39, 0.29) is 0 Å². The maximum atomic E-state index is 5.95. The van der Waals surface area contributed by atoms with Crippen LogP contribution in [0.1, 0.15) is 48.2 Å². The molecule has 2 aromatic heterocycles. The minimum absolute atomic E-state index is 0.316. The highest BCUT2D eigenvalue weighted by atomic mass is 32.1. The Balaban J connectivity index is 1.20. The molecule has 0 aromatic carbocycles. The van der Waals surface area contributed by atoms with Crippen LogP contribution >= 0.6 is 11.3 Å². The van der Waals surface area contributed by atoms with E-state index in [1.54, 1.807) is 0 Å². The fourth-order valence-electron chi connectivity index (χ4n) is 2.88. The summed E-state index contributed by atoms with van der Waals surface area (Å²) in [6, 6.07) is 4.33. The summed E-state index contributed by atoms with van der Waals surface area (Å²) in [5.41, 5.74) is 0. The van der Waals surface area contributed by atoms with Crippen LogP contribution in [0.25, 0.3) is 0 Å². The summed E-state index contributed by atoms with van der Waals surface area (Å²) in [5, 5.41) is 6.17. The van der Waals surface area contributed by atoms with Crippen molar-refractivity contribution in [3.8, 4) is 0 Å². The molecule has 118 valence electrons. The van der Waals surface area contributed by atoms with Gasteiger partial charge in [-0.15, -0.1) is 11.3 Å². The monoisotopic (exact) mass is 319 g/mol. The average molecular weight is 319 g/mol. The van der Waals surface area contributed by atoms with Gasteiger partial charge >= 0.3 is 0 Å². The van der Waals surface area contributed by atoms with Gasteiger partial charge in [0, 0.05) is 30.4 Å². The normalized spacial score (nSPS) is 20.5. The van der Waals surface area contributed by atoms with E-state index in [9.17, 15) is 0 Å². The number of aromatic nitrogens is 2. The summed E-state index contributed by atoms with van der Waals surface area (Å²) in [4.78, 5) is 8.36. The maximum Gasteiger partial charge on any atom is 0.252 e. The van der Waals surface area contributed by atoms with Crippen molar-refractivity contribution in [1.82, 2.24) is 15.0 Å². The van der Waals surface area contributed by atoms with Gasteiger partial charge in [-0.1, -0.05) is 11.2 Å². The van der Waals surface area contributed by atoms with E-state index in [0.717, 1.165) is 38.3 Å². The molecule has 0 amide bonds. The number of hydrogen-bond donors (Lipinski definition) is 0. The third kappa shape index (κ3) is 3.56. The number of likely N-dealkylation sites (tertiary alicyclic amines) is 1. The van der Waals surface area contributed by atoms with Crippen LogP contribution in [0.2, 0.25) is 0 Å². The number of nitrogens with zero attached hydrogens (tertiary/aromatic N) is 3. The van der Waals surface area contributed by atoms with Crippen LogP contribution in [0.5, 0.6) is 0 Å². The van der Waals surface area contributed by atoms with E-state index in [1.807, 2.05) is 11.3 Å². The third-order valence-electron chi connectivity index (χ3n) is 4.36. The van der Waals surface area contributed by atoms with Gasteiger partial charge in [-0.25, -0.2) is 0 Å². The maximum absolute atomic E-state index is 5.95. The Labute approximate surface area is 134 Å². The number of ether oxygens (including phenoxy) is 1. The van der Waals surface area contributed by atoms with Crippen LogP contribution in [0.3, 0.4) is 0 Å². The second-order valence-electron chi connectivity index (χ2n) is 6.19. The average Bonchev–Trinajstić information content (AvgIpc) is 3.07. The first-order chi connectivity index (χ1) is 10.9. The summed E-state index contributed by atoms with van der Waals surface area (Å²) < 4.78 is 11.2. The highest BCUT2D eigenvalue weighted by Crippen LogP contribution is 2.38. The van der Waals surface area contributed by atoms with Crippen molar-refractivity contribution < 1.29 is 9.26 Å². The van der Waals surface area contributed by atoms with E-state index in [0.29, 0.717) is 24.5 Å². The molecule has 1 saturated carbocycles. The predicted octanol–water partition coefficient (Wildman–Crippen LogP) is 3.19. The number of thiophene rings is 1. The molecule has 0 N–H and O–H groups in total. The van der Waals surface area contributed by atoms with Crippen LogP contribution in [-0.2, 0) is 17.9 Å². The molecule has 4 rings (SSSR count). The molecule has 0 bridgehead atoms. The van der Waals surface area contributed by atoms with E-state index >= 15 is 0 Å². The van der Waals surface area contributed by atoms with Crippen molar-refractivity contribution in [3.05, 3.63) is 34.1 Å². The largest absolute Gasteiger partial charge is 0.368 e. The first-order valence-corrected chi connectivity index (χ1v) is 8.93. The van der Waals surface area contributed by atoms with Crippen molar-refractivity contribution in [2.45, 2.75) is 50.9 Å². The Morgan fingerprint density at radius 1 is 1.27 bits per heavy atom. The van der Waals surface area contributed by atoms with Crippen LogP contribution in [0.15, 0.2) is 22.0 Å². The van der Waals surface area contributed by atoms with Gasteiger partial charge in [0.15, 0.2) is 5.82 Å². The summed E-state index contributed by atoms with van der Waals surface area (Å²) in [6.07, 6.45) is 4.87. The van der Waals surface area contributed by atoms with Crippen LogP contribution < -0.4 is 0 Å². The lowest BCUT2D eigenvalue weighted by atomic mass is 10.1. The molecule has 6 heteroatoms. The molecular formula is C16H21N3O2S. The molecule has 0 unspecified atom stereocenters. The Morgan fingerprint density at radius 3 is 2.86 bits per heavy atom. The molecule has 1 aliphatic heterocycles. The molecule has 0 radical (unpaired) electrons. The van der Waals surface area contributed by atoms with Crippen LogP contribution in [0, 0.1) is 0 Å². The highest BCUT2D eigenvalue weighted by Gasteiger charge is 2.29. The molecule has 1 aliphatic carbocycles. The standard InChI is InChI=1S/C16H21N3O2S/c1-2-14(22-9-1)10-19-7-5-13(6-8-19)20-11-15-17-16(18-21-15)12-3-4-12/h1-2,9,12-13H,3-8,10-11H2. The van der Waals surface area contributed by atoms with Gasteiger partial charge in [0.1, 0.15) is 6.61 Å². The quantitative estimate of drug-likeness (QED) is 0.818. The minimum atomic E-state index is 0.316. The molecule has 5 nitrogen and oxygen atoms in total. The fraction of sp³-hybridized carbons (Fsp3) is 0.625. The fourth-order valence-corrected chi connectivity index (χ4v) is 3.63. The SMILES string of the molecule is c1csc(CN2CCC(OCc3nc(C4CC4)no3)CC2)c1. The van der Waals surface area contributed by atoms with Crippen LogP contribution in [0.4, 0.5) is 0 Å². The second kappa shape index (κ2) is 6.48. The zero-order chi connectivity index (χ0) is 14.8. The number of hydrogen-bond acceptors (Lipinski definition) is 6. The van der Waals surface area contributed by atoms with Crippen molar-refractivity contribution >= 4 is 11.3 Å². The zero-order valence-electron chi connectivity index (χ0n) is 12.6. The van der Waals surface area contributed by atoms with Crippen molar-refractivity contribution in [1.29, 1.82) is 0 Å². The lowest BCUT2D eigenvalue weighted by Gasteiger charge is -2.31. The van der Waals surface area contributed by atoms with Gasteiger partial charge < -0.3 is 9.26 Å². The summed E-state index contributed by atoms with van der Waals surface area (Å²) in [6.45, 7) is 3.72. The first kappa shape index (κ1) is 14.4. The number of rotatable bonds is 6. The van der Waals surface area contributed by atoms with Gasteiger partial charge in [0.25, 0.3) is 5.89 Å². The zero-order valence-corrected chi connectivity index (χ0v) is 13.4. The third-order valence-corrected chi connectivity index (χ3v) is 5.22. The summed E-state index contributed by atoms with van der Waals surface area (Å²) in [5.74, 6) is 2.03. The Morgan fingerprint density at radius 2 is 2.14 bits per heavy atom. The van der Waals surface area contributed by atoms with Gasteiger partial charge in [-0.2, -0.15) is 4.98 Å². The molecule has 3 heterocycles. The van der Waals surface area contributed by atoms with E-state index in [1.165, 1.54) is 17.7 Å². The predicted molar refractivity (Wildman–Crippen MR) is 83.7 cm³/mol. The summed E-state index contributed by atoms with van der Waals surface area (Å²) >= 11 is 1.83. The van der Waals surface area contributed by atoms with Crippen LogP contribution in [-0.4, -0.2) is 34.2 Å².